The van der Waals surface area contributed by atoms with Crippen LogP contribution in [0.3, 0.4) is 0 Å². The topological polar surface area (TPSA) is 6.48 Å². The minimum atomic E-state index is 0.0157. The predicted molar refractivity (Wildman–Crippen MR) is 263 cm³/mol. The molecule has 0 atom stereocenters. The molecule has 0 saturated carbocycles. The summed E-state index contributed by atoms with van der Waals surface area (Å²) in [5.41, 5.74) is 19.2. The molecule has 2 aliphatic heterocycles. The molecule has 0 saturated heterocycles. The van der Waals surface area contributed by atoms with Crippen molar-refractivity contribution in [2.75, 3.05) is 9.80 Å². The van der Waals surface area contributed by atoms with Crippen LogP contribution in [0.5, 0.6) is 0 Å². The van der Waals surface area contributed by atoms with Crippen LogP contribution in [0, 0.1) is 0 Å². The molecule has 0 aliphatic carbocycles. The maximum atomic E-state index is 2.59. The van der Waals surface area contributed by atoms with Gasteiger partial charge in [0.2, 0.25) is 0 Å². The molecule has 8 aromatic rings. The molecule has 3 heterocycles. The maximum Gasteiger partial charge on any atom is 0.264 e. The largest absolute Gasteiger partial charge is 0.311 e. The molecule has 60 heavy (non-hydrogen) atoms. The summed E-state index contributed by atoms with van der Waals surface area (Å²) in [5.74, 6) is 0. The van der Waals surface area contributed by atoms with Gasteiger partial charge in [0.25, 0.3) is 6.71 Å². The first-order valence-electron chi connectivity index (χ1n) is 21.5. The Kier molecular flexibility index (Phi) is 8.86. The van der Waals surface area contributed by atoms with Gasteiger partial charge in [-0.25, -0.2) is 0 Å². The number of fused-ring (bicyclic) bond motifs is 6. The van der Waals surface area contributed by atoms with Gasteiger partial charge in [0, 0.05) is 43.3 Å². The van der Waals surface area contributed by atoms with E-state index in [1.165, 1.54) is 93.2 Å². The molecule has 2 aliphatic rings. The first-order valence-corrected chi connectivity index (χ1v) is 22.3. The minimum absolute atomic E-state index is 0.0157. The van der Waals surface area contributed by atoms with E-state index in [0.29, 0.717) is 0 Å². The molecule has 0 amide bonds. The Balaban J connectivity index is 1.22. The monoisotopic (exact) mass is 796 g/mol. The number of thiophene rings is 1. The lowest BCUT2D eigenvalue weighted by Gasteiger charge is -2.43. The van der Waals surface area contributed by atoms with Gasteiger partial charge >= 0.3 is 0 Å². The SMILES string of the molecule is CC(C)(C)c1ccc(-c2cccc(N3c4cccc5c4B(c4ccc(-c6ccc(C(C)(C)C)cc6)cc4N5c4ccccc4)c4sc5ccc(C(C)(C)C)cc5c43)c2)cc1. The van der Waals surface area contributed by atoms with E-state index in [2.05, 4.69) is 230 Å². The maximum absolute atomic E-state index is 2.59. The summed E-state index contributed by atoms with van der Waals surface area (Å²) >= 11 is 1.97. The summed E-state index contributed by atoms with van der Waals surface area (Å²) in [5, 5.41) is 1.32. The van der Waals surface area contributed by atoms with E-state index in [-0.39, 0.29) is 23.0 Å². The standard InChI is InChI=1S/C56H53BN2S/c1-54(2,3)40-26-21-36(22-27-40)38-15-13-18-44(33-38)59-48-20-14-19-47-51(48)57(53-52(59)45-35-42(56(7,8)9)30-32-50(45)60-53)46-31-25-39(37-23-28-41(29-24-37)55(4,5)6)34-49(46)58(47)43-16-11-10-12-17-43/h10-35H,1-9H3. The van der Waals surface area contributed by atoms with Crippen molar-refractivity contribution in [3.8, 4) is 22.3 Å². The van der Waals surface area contributed by atoms with Crippen molar-refractivity contribution < 1.29 is 0 Å². The molecule has 7 aromatic carbocycles. The van der Waals surface area contributed by atoms with Gasteiger partial charge in [-0.05, 0) is 121 Å². The van der Waals surface area contributed by atoms with Crippen molar-refractivity contribution >= 4 is 78.0 Å². The molecule has 0 fully saturated rings. The molecule has 4 heteroatoms. The van der Waals surface area contributed by atoms with E-state index in [1.54, 1.807) is 0 Å². The summed E-state index contributed by atoms with van der Waals surface area (Å²) in [6, 6.07) is 59.9. The Bertz CT molecular complexity index is 2920. The van der Waals surface area contributed by atoms with Crippen LogP contribution in [-0.2, 0) is 16.2 Å². The summed E-state index contributed by atoms with van der Waals surface area (Å²) < 4.78 is 2.72. The second-order valence-corrected chi connectivity index (χ2v) is 21.0. The molecule has 1 aromatic heterocycles. The van der Waals surface area contributed by atoms with Crippen LogP contribution in [0.4, 0.5) is 34.1 Å². The number of anilines is 6. The Labute approximate surface area is 361 Å². The van der Waals surface area contributed by atoms with E-state index in [1.807, 2.05) is 11.3 Å². The van der Waals surface area contributed by atoms with Gasteiger partial charge in [0.05, 0.1) is 5.69 Å². The lowest BCUT2D eigenvalue weighted by molar-refractivity contribution is 0.590. The van der Waals surface area contributed by atoms with Crippen LogP contribution >= 0.6 is 11.3 Å². The van der Waals surface area contributed by atoms with Gasteiger partial charge < -0.3 is 9.80 Å². The molecule has 10 rings (SSSR count). The molecular formula is C56H53BN2S. The van der Waals surface area contributed by atoms with Crippen LogP contribution in [0.2, 0.25) is 0 Å². The van der Waals surface area contributed by atoms with Gasteiger partial charge in [0.15, 0.2) is 0 Å². The first kappa shape index (κ1) is 38.4. The molecule has 0 bridgehead atoms. The van der Waals surface area contributed by atoms with Crippen molar-refractivity contribution in [1.82, 2.24) is 0 Å². The number of hydrogen-bond acceptors (Lipinski definition) is 3. The van der Waals surface area contributed by atoms with Crippen molar-refractivity contribution in [2.24, 2.45) is 0 Å². The normalized spacial score (nSPS) is 13.7. The lowest BCUT2D eigenvalue weighted by atomic mass is 9.36. The molecule has 296 valence electrons. The van der Waals surface area contributed by atoms with E-state index >= 15 is 0 Å². The average molecular weight is 797 g/mol. The fourth-order valence-corrected chi connectivity index (χ4v) is 10.6. The number of para-hydroxylation sites is 1. The third-order valence-corrected chi connectivity index (χ3v) is 14.0. The Morgan fingerprint density at radius 1 is 0.417 bits per heavy atom. The molecular weight excluding hydrogens is 744 g/mol. The summed E-state index contributed by atoms with van der Waals surface area (Å²) in [7, 11) is 0. The summed E-state index contributed by atoms with van der Waals surface area (Å²) in [4.78, 5) is 5.10. The third kappa shape index (κ3) is 6.39. The highest BCUT2D eigenvalue weighted by atomic mass is 32.1. The minimum Gasteiger partial charge on any atom is -0.311 e. The molecule has 0 unspecified atom stereocenters. The van der Waals surface area contributed by atoms with E-state index < -0.39 is 0 Å². The molecule has 0 N–H and O–H groups in total. The van der Waals surface area contributed by atoms with Crippen molar-refractivity contribution in [3.05, 3.63) is 174 Å². The van der Waals surface area contributed by atoms with E-state index in [9.17, 15) is 0 Å². The highest BCUT2D eigenvalue weighted by molar-refractivity contribution is 7.33. The van der Waals surface area contributed by atoms with E-state index in [0.717, 1.165) is 5.69 Å². The summed E-state index contributed by atoms with van der Waals surface area (Å²) in [6.07, 6.45) is 0. The summed E-state index contributed by atoms with van der Waals surface area (Å²) in [6.45, 7) is 20.7. The second kappa shape index (κ2) is 13.9. The van der Waals surface area contributed by atoms with Gasteiger partial charge in [-0.2, -0.15) is 0 Å². The zero-order valence-electron chi connectivity index (χ0n) is 36.4. The molecule has 0 spiro atoms. The number of hydrogen-bond donors (Lipinski definition) is 0. The number of rotatable bonds is 4. The predicted octanol–water partition coefficient (Wildman–Crippen LogP) is 14.2. The first-order chi connectivity index (χ1) is 28.6. The Morgan fingerprint density at radius 2 is 0.950 bits per heavy atom. The van der Waals surface area contributed by atoms with Crippen LogP contribution < -0.4 is 25.5 Å². The number of nitrogens with zero attached hydrogens (tertiary/aromatic N) is 2. The lowest BCUT2D eigenvalue weighted by Crippen LogP contribution is -2.60. The van der Waals surface area contributed by atoms with Crippen LogP contribution in [-0.4, -0.2) is 6.71 Å². The fourth-order valence-electron chi connectivity index (χ4n) is 9.34. The van der Waals surface area contributed by atoms with Crippen LogP contribution in [0.15, 0.2) is 158 Å². The fraction of sp³-hybridized carbons (Fsp3) is 0.214. The highest BCUT2D eigenvalue weighted by Gasteiger charge is 2.45. The Hall–Kier alpha value is -5.84. The van der Waals surface area contributed by atoms with Crippen molar-refractivity contribution in [2.45, 2.75) is 78.6 Å². The number of benzene rings is 7. The second-order valence-electron chi connectivity index (χ2n) is 19.9. The van der Waals surface area contributed by atoms with Crippen LogP contribution in [0.25, 0.3) is 32.3 Å². The van der Waals surface area contributed by atoms with Gasteiger partial charge in [-0.3, -0.25) is 0 Å². The van der Waals surface area contributed by atoms with Crippen molar-refractivity contribution in [3.63, 3.8) is 0 Å². The molecule has 0 radical (unpaired) electrons. The quantitative estimate of drug-likeness (QED) is 0.164. The Morgan fingerprint density at radius 3 is 1.57 bits per heavy atom. The average Bonchev–Trinajstić information content (AvgIpc) is 3.61. The molecule has 2 nitrogen and oxygen atoms in total. The van der Waals surface area contributed by atoms with Crippen molar-refractivity contribution in [1.29, 1.82) is 0 Å². The zero-order chi connectivity index (χ0) is 41.7. The van der Waals surface area contributed by atoms with Gasteiger partial charge in [-0.15, -0.1) is 11.3 Å². The van der Waals surface area contributed by atoms with E-state index in [4.69, 9.17) is 0 Å². The smallest absolute Gasteiger partial charge is 0.264 e. The van der Waals surface area contributed by atoms with Crippen LogP contribution in [0.1, 0.15) is 79.0 Å². The van der Waals surface area contributed by atoms with Gasteiger partial charge in [0.1, 0.15) is 0 Å². The third-order valence-electron chi connectivity index (χ3n) is 12.7. The highest BCUT2D eigenvalue weighted by Crippen LogP contribution is 2.49. The zero-order valence-corrected chi connectivity index (χ0v) is 37.2. The van der Waals surface area contributed by atoms with Gasteiger partial charge in [-0.1, -0.05) is 165 Å².